The van der Waals surface area contributed by atoms with Crippen LogP contribution in [0.1, 0.15) is 17.5 Å². The van der Waals surface area contributed by atoms with Crippen LogP contribution in [0.4, 0.5) is 0 Å². The summed E-state index contributed by atoms with van der Waals surface area (Å²) in [5.41, 5.74) is 2.12. The van der Waals surface area contributed by atoms with Gasteiger partial charge in [-0.15, -0.1) is 0 Å². The molecule has 1 aliphatic rings. The first kappa shape index (κ1) is 15.9. The molecule has 0 unspecified atom stereocenters. The van der Waals surface area contributed by atoms with E-state index in [1.807, 2.05) is 32.0 Å². The Hall–Kier alpha value is -1.53. The number of rotatable bonds is 3. The molecule has 0 saturated heterocycles. The van der Waals surface area contributed by atoms with Gasteiger partial charge in [0.15, 0.2) is 0 Å². The Morgan fingerprint density at radius 1 is 1.33 bits per heavy atom. The maximum atomic E-state index is 11.6. The number of nitrogens with zero attached hydrogens (tertiary/aromatic N) is 1. The highest BCUT2D eigenvalue weighted by Gasteiger charge is 2.25. The third kappa shape index (κ3) is 3.77. The van der Waals surface area contributed by atoms with Crippen molar-refractivity contribution < 1.29 is 18.3 Å². The molecule has 0 bridgehead atoms. The number of ether oxygens (including phenoxy) is 1. The summed E-state index contributed by atoms with van der Waals surface area (Å²) < 4.78 is 30.2. The van der Waals surface area contributed by atoms with E-state index >= 15 is 0 Å². The van der Waals surface area contributed by atoms with Crippen molar-refractivity contribution in [3.8, 4) is 5.75 Å². The van der Waals surface area contributed by atoms with E-state index in [2.05, 4.69) is 0 Å². The molecule has 2 atom stereocenters. The van der Waals surface area contributed by atoms with E-state index in [9.17, 15) is 13.5 Å². The average Bonchev–Trinajstić information content (AvgIpc) is 2.57. The van der Waals surface area contributed by atoms with E-state index in [0.29, 0.717) is 12.2 Å². The zero-order valence-corrected chi connectivity index (χ0v) is 13.3. The summed E-state index contributed by atoms with van der Waals surface area (Å²) in [7, 11) is -3.30. The standard InChI is InChI=1S/C15H21NO4S/c1-11-5-4-6-14(12(11)2)20-15-8-10-16(21(3,18)19)9-7-13(15)17/h4-6,8,10,13,15,17H,7,9H2,1-3H3/t13-,15-/m0/s1. The molecule has 0 aliphatic carbocycles. The van der Waals surface area contributed by atoms with Gasteiger partial charge >= 0.3 is 0 Å². The van der Waals surface area contributed by atoms with Crippen molar-refractivity contribution >= 4 is 10.0 Å². The highest BCUT2D eigenvalue weighted by atomic mass is 32.2. The molecule has 5 nitrogen and oxygen atoms in total. The number of sulfonamides is 1. The number of aliphatic hydroxyl groups is 1. The van der Waals surface area contributed by atoms with Gasteiger partial charge in [-0.25, -0.2) is 8.42 Å². The maximum absolute atomic E-state index is 11.6. The van der Waals surface area contributed by atoms with E-state index < -0.39 is 22.2 Å². The number of aliphatic hydroxyl groups excluding tert-OH is 1. The van der Waals surface area contributed by atoms with Crippen LogP contribution in [-0.2, 0) is 10.0 Å². The Labute approximate surface area is 125 Å². The minimum Gasteiger partial charge on any atom is -0.483 e. The molecule has 6 heteroatoms. The number of hydrogen-bond donors (Lipinski definition) is 1. The average molecular weight is 311 g/mol. The van der Waals surface area contributed by atoms with Crippen molar-refractivity contribution in [1.29, 1.82) is 0 Å². The lowest BCUT2D eigenvalue weighted by molar-refractivity contribution is 0.0594. The van der Waals surface area contributed by atoms with E-state index in [0.717, 1.165) is 17.4 Å². The third-order valence-electron chi connectivity index (χ3n) is 3.71. The first-order chi connectivity index (χ1) is 9.79. The lowest BCUT2D eigenvalue weighted by Gasteiger charge is -2.21. The fourth-order valence-electron chi connectivity index (χ4n) is 2.20. The second-order valence-electron chi connectivity index (χ2n) is 5.35. The van der Waals surface area contributed by atoms with Crippen molar-refractivity contribution in [2.75, 3.05) is 12.8 Å². The van der Waals surface area contributed by atoms with Crippen LogP contribution in [0, 0.1) is 13.8 Å². The van der Waals surface area contributed by atoms with Gasteiger partial charge in [0.2, 0.25) is 10.0 Å². The SMILES string of the molecule is Cc1cccc(O[C@H]2C=CN(S(C)(=O)=O)CC[C@@H]2O)c1C. The Bertz CT molecular complexity index is 639. The van der Waals surface area contributed by atoms with Crippen molar-refractivity contribution in [3.63, 3.8) is 0 Å². The Balaban J connectivity index is 2.21. The smallest absolute Gasteiger partial charge is 0.231 e. The molecule has 2 rings (SSSR count). The minimum absolute atomic E-state index is 0.253. The molecule has 1 aromatic rings. The van der Waals surface area contributed by atoms with E-state index in [-0.39, 0.29) is 6.54 Å². The van der Waals surface area contributed by atoms with Crippen molar-refractivity contribution in [3.05, 3.63) is 41.6 Å². The lowest BCUT2D eigenvalue weighted by Crippen LogP contribution is -2.31. The highest BCUT2D eigenvalue weighted by Crippen LogP contribution is 2.24. The molecule has 1 aromatic carbocycles. The molecular weight excluding hydrogens is 290 g/mol. The largest absolute Gasteiger partial charge is 0.483 e. The van der Waals surface area contributed by atoms with Crippen LogP contribution in [0.15, 0.2) is 30.5 Å². The summed E-state index contributed by atoms with van der Waals surface area (Å²) in [6.07, 6.45) is 3.25. The summed E-state index contributed by atoms with van der Waals surface area (Å²) in [5, 5.41) is 10.2. The number of benzene rings is 1. The van der Waals surface area contributed by atoms with E-state index in [1.165, 1.54) is 10.5 Å². The van der Waals surface area contributed by atoms with Gasteiger partial charge in [-0.1, -0.05) is 12.1 Å². The first-order valence-corrected chi connectivity index (χ1v) is 8.70. The second-order valence-corrected chi connectivity index (χ2v) is 7.29. The third-order valence-corrected chi connectivity index (χ3v) is 4.87. The summed E-state index contributed by atoms with van der Waals surface area (Å²) in [6, 6.07) is 5.74. The van der Waals surface area contributed by atoms with E-state index in [4.69, 9.17) is 4.74 Å². The molecule has 1 heterocycles. The fraction of sp³-hybridized carbons (Fsp3) is 0.467. The predicted molar refractivity (Wildman–Crippen MR) is 81.6 cm³/mol. The molecular formula is C15H21NO4S. The van der Waals surface area contributed by atoms with Gasteiger partial charge in [-0.05, 0) is 43.5 Å². The zero-order chi connectivity index (χ0) is 15.6. The van der Waals surface area contributed by atoms with Crippen LogP contribution in [0.25, 0.3) is 0 Å². The quantitative estimate of drug-likeness (QED) is 0.920. The summed E-state index contributed by atoms with van der Waals surface area (Å²) in [6.45, 7) is 4.20. The summed E-state index contributed by atoms with van der Waals surface area (Å²) in [4.78, 5) is 0. The molecule has 0 spiro atoms. The Kier molecular flexibility index (Phi) is 4.58. The van der Waals surface area contributed by atoms with Crippen LogP contribution in [0.2, 0.25) is 0 Å². The van der Waals surface area contributed by atoms with Gasteiger partial charge in [-0.2, -0.15) is 0 Å². The van der Waals surface area contributed by atoms with Crippen LogP contribution in [0.3, 0.4) is 0 Å². The maximum Gasteiger partial charge on any atom is 0.231 e. The Morgan fingerprint density at radius 2 is 2.05 bits per heavy atom. The monoisotopic (exact) mass is 311 g/mol. The van der Waals surface area contributed by atoms with Gasteiger partial charge in [0.25, 0.3) is 0 Å². The molecule has 21 heavy (non-hydrogen) atoms. The van der Waals surface area contributed by atoms with Crippen molar-refractivity contribution in [1.82, 2.24) is 4.31 Å². The topological polar surface area (TPSA) is 66.8 Å². The Morgan fingerprint density at radius 3 is 2.71 bits per heavy atom. The van der Waals surface area contributed by atoms with Crippen molar-refractivity contribution in [2.24, 2.45) is 0 Å². The fourth-order valence-corrected chi connectivity index (χ4v) is 2.93. The highest BCUT2D eigenvalue weighted by molar-refractivity contribution is 7.88. The van der Waals surface area contributed by atoms with Gasteiger partial charge < -0.3 is 9.84 Å². The van der Waals surface area contributed by atoms with Crippen LogP contribution in [-0.4, -0.2) is 42.8 Å². The van der Waals surface area contributed by atoms with Gasteiger partial charge in [0.1, 0.15) is 11.9 Å². The lowest BCUT2D eigenvalue weighted by atomic mass is 10.1. The normalized spacial score (nSPS) is 23.0. The number of aryl methyl sites for hydroxylation is 1. The van der Waals surface area contributed by atoms with E-state index in [1.54, 1.807) is 6.08 Å². The molecule has 0 fully saturated rings. The second kappa shape index (κ2) is 6.07. The molecule has 0 radical (unpaired) electrons. The van der Waals surface area contributed by atoms with Gasteiger partial charge in [-0.3, -0.25) is 4.31 Å². The molecule has 0 saturated carbocycles. The molecule has 0 aromatic heterocycles. The van der Waals surface area contributed by atoms with Crippen LogP contribution >= 0.6 is 0 Å². The van der Waals surface area contributed by atoms with Gasteiger partial charge in [0, 0.05) is 12.7 Å². The minimum atomic E-state index is -3.30. The van der Waals surface area contributed by atoms with Gasteiger partial charge in [0.05, 0.1) is 12.4 Å². The predicted octanol–water partition coefficient (Wildman–Crippen LogP) is 1.59. The van der Waals surface area contributed by atoms with Crippen molar-refractivity contribution in [2.45, 2.75) is 32.5 Å². The zero-order valence-electron chi connectivity index (χ0n) is 12.5. The molecule has 0 amide bonds. The van der Waals surface area contributed by atoms with Crippen LogP contribution in [0.5, 0.6) is 5.75 Å². The number of hydrogen-bond acceptors (Lipinski definition) is 4. The van der Waals surface area contributed by atoms with Crippen LogP contribution < -0.4 is 4.74 Å². The first-order valence-electron chi connectivity index (χ1n) is 6.85. The summed E-state index contributed by atoms with van der Waals surface area (Å²) in [5.74, 6) is 0.705. The molecule has 1 aliphatic heterocycles. The molecule has 1 N–H and O–H groups in total. The molecule has 116 valence electrons. The summed E-state index contributed by atoms with van der Waals surface area (Å²) >= 11 is 0.